The summed E-state index contributed by atoms with van der Waals surface area (Å²) in [7, 11) is 1.62. The molecular weight excluding hydrogens is 370 g/mol. The van der Waals surface area contributed by atoms with Crippen molar-refractivity contribution >= 4 is 5.91 Å². The lowest BCUT2D eigenvalue weighted by Crippen LogP contribution is -2.27. The van der Waals surface area contributed by atoms with Gasteiger partial charge < -0.3 is 24.3 Å². The van der Waals surface area contributed by atoms with Crippen LogP contribution in [0.4, 0.5) is 0 Å². The molecule has 1 atom stereocenters. The summed E-state index contributed by atoms with van der Waals surface area (Å²) in [5, 5.41) is 3.03. The van der Waals surface area contributed by atoms with Crippen LogP contribution >= 0.6 is 0 Å². The smallest absolute Gasteiger partial charge is 0.252 e. The first kappa shape index (κ1) is 22.4. The highest BCUT2D eigenvalue weighted by molar-refractivity contribution is 5.96. The van der Waals surface area contributed by atoms with Crippen molar-refractivity contribution in [2.75, 3.05) is 26.9 Å². The third kappa shape index (κ3) is 5.56. The molecule has 2 rings (SSSR count). The van der Waals surface area contributed by atoms with E-state index in [1.54, 1.807) is 19.2 Å². The molecule has 0 spiro atoms. The summed E-state index contributed by atoms with van der Waals surface area (Å²) in [5.41, 5.74) is 2.46. The Balaban J connectivity index is 2.35. The maximum Gasteiger partial charge on any atom is 0.252 e. The highest BCUT2D eigenvalue weighted by atomic mass is 16.5. The number of amides is 1. The molecule has 0 heterocycles. The quantitative estimate of drug-likeness (QED) is 0.626. The summed E-state index contributed by atoms with van der Waals surface area (Å²) < 4.78 is 22.6. The number of carbonyl (C=O) groups is 1. The van der Waals surface area contributed by atoms with Crippen molar-refractivity contribution in [1.29, 1.82) is 0 Å². The molecule has 0 aliphatic carbocycles. The van der Waals surface area contributed by atoms with Gasteiger partial charge in [0.25, 0.3) is 5.91 Å². The molecule has 1 unspecified atom stereocenters. The number of benzene rings is 2. The Morgan fingerprint density at radius 2 is 1.52 bits per heavy atom. The molecule has 6 heteroatoms. The van der Waals surface area contributed by atoms with Crippen molar-refractivity contribution in [2.24, 2.45) is 0 Å². The van der Waals surface area contributed by atoms with E-state index in [1.807, 2.05) is 52.8 Å². The Bertz CT molecular complexity index is 807. The number of nitrogens with one attached hydrogen (secondary N) is 1. The second-order valence-corrected chi connectivity index (χ2v) is 6.54. The summed E-state index contributed by atoms with van der Waals surface area (Å²) in [6.07, 6.45) is 0. The van der Waals surface area contributed by atoms with E-state index in [2.05, 4.69) is 5.32 Å². The number of carbonyl (C=O) groups excluding carboxylic acids is 1. The minimum Gasteiger partial charge on any atom is -0.496 e. The molecule has 29 heavy (non-hydrogen) atoms. The second kappa shape index (κ2) is 10.6. The molecular formula is C23H31NO5. The van der Waals surface area contributed by atoms with Gasteiger partial charge in [0.05, 0.1) is 33.0 Å². The third-order valence-electron chi connectivity index (χ3n) is 4.37. The largest absolute Gasteiger partial charge is 0.496 e. The van der Waals surface area contributed by atoms with Gasteiger partial charge >= 0.3 is 0 Å². The van der Waals surface area contributed by atoms with Crippen LogP contribution in [0, 0.1) is 6.92 Å². The fourth-order valence-corrected chi connectivity index (χ4v) is 3.07. The summed E-state index contributed by atoms with van der Waals surface area (Å²) in [6, 6.07) is 9.03. The van der Waals surface area contributed by atoms with Gasteiger partial charge in [0.15, 0.2) is 11.5 Å². The van der Waals surface area contributed by atoms with E-state index in [-0.39, 0.29) is 11.9 Å². The maximum atomic E-state index is 13.0. The van der Waals surface area contributed by atoms with Crippen LogP contribution < -0.4 is 24.3 Å². The van der Waals surface area contributed by atoms with E-state index < -0.39 is 0 Å². The van der Waals surface area contributed by atoms with Gasteiger partial charge in [-0.25, -0.2) is 0 Å². The number of hydrogen-bond donors (Lipinski definition) is 1. The van der Waals surface area contributed by atoms with Gasteiger partial charge in [0, 0.05) is 11.1 Å². The minimum atomic E-state index is -0.241. The fourth-order valence-electron chi connectivity index (χ4n) is 3.07. The van der Waals surface area contributed by atoms with Crippen LogP contribution in [0.3, 0.4) is 0 Å². The molecule has 0 aliphatic heterocycles. The van der Waals surface area contributed by atoms with Gasteiger partial charge in [-0.05, 0) is 52.8 Å². The number of methoxy groups -OCH3 is 1. The van der Waals surface area contributed by atoms with E-state index in [4.69, 9.17) is 18.9 Å². The average Bonchev–Trinajstić information content (AvgIpc) is 2.70. The zero-order valence-corrected chi connectivity index (χ0v) is 18.1. The zero-order valence-electron chi connectivity index (χ0n) is 18.1. The highest BCUT2D eigenvalue weighted by Gasteiger charge is 2.20. The predicted octanol–water partition coefficient (Wildman–Crippen LogP) is 4.69. The topological polar surface area (TPSA) is 66.0 Å². The number of aryl methyl sites for hydroxylation is 1. The molecule has 6 nitrogen and oxygen atoms in total. The molecule has 0 aliphatic rings. The molecule has 1 amide bonds. The van der Waals surface area contributed by atoms with E-state index >= 15 is 0 Å². The van der Waals surface area contributed by atoms with Gasteiger partial charge in [-0.15, -0.1) is 0 Å². The SMILES string of the molecule is CCOc1cc(C(=O)NC(C)c2cc(C)ccc2OC)cc(OCC)c1OCC. The summed E-state index contributed by atoms with van der Waals surface area (Å²) in [4.78, 5) is 13.0. The second-order valence-electron chi connectivity index (χ2n) is 6.54. The standard InChI is InChI=1S/C23H31NO5/c1-7-27-20-13-17(14-21(28-8-2)22(20)29-9-3)23(25)24-16(5)18-12-15(4)10-11-19(18)26-6/h10-14,16H,7-9H2,1-6H3,(H,24,25). The Kier molecular flexibility index (Phi) is 8.19. The molecule has 0 aromatic heterocycles. The van der Waals surface area contributed by atoms with Crippen LogP contribution in [-0.2, 0) is 0 Å². The molecule has 2 aromatic rings. The first-order valence-corrected chi connectivity index (χ1v) is 9.96. The van der Waals surface area contributed by atoms with E-state index in [1.165, 1.54) is 0 Å². The van der Waals surface area contributed by atoms with Crippen molar-refractivity contribution in [1.82, 2.24) is 5.32 Å². The summed E-state index contributed by atoms with van der Waals surface area (Å²) >= 11 is 0. The average molecular weight is 402 g/mol. The third-order valence-corrected chi connectivity index (χ3v) is 4.37. The Labute approximate surface area is 173 Å². The summed E-state index contributed by atoms with van der Waals surface area (Å²) in [6.45, 7) is 11.0. The molecule has 1 N–H and O–H groups in total. The zero-order chi connectivity index (χ0) is 21.4. The van der Waals surface area contributed by atoms with Crippen molar-refractivity contribution < 1.29 is 23.7 Å². The Morgan fingerprint density at radius 3 is 2.03 bits per heavy atom. The van der Waals surface area contributed by atoms with Gasteiger partial charge in [0.2, 0.25) is 5.75 Å². The number of rotatable bonds is 10. The van der Waals surface area contributed by atoms with E-state index in [0.29, 0.717) is 42.6 Å². The van der Waals surface area contributed by atoms with Crippen molar-refractivity contribution in [2.45, 2.75) is 40.7 Å². The van der Waals surface area contributed by atoms with Crippen molar-refractivity contribution in [3.63, 3.8) is 0 Å². The van der Waals surface area contributed by atoms with Gasteiger partial charge in [-0.2, -0.15) is 0 Å². The van der Waals surface area contributed by atoms with Crippen molar-refractivity contribution in [3.8, 4) is 23.0 Å². The van der Waals surface area contributed by atoms with Gasteiger partial charge in [-0.1, -0.05) is 17.7 Å². The van der Waals surface area contributed by atoms with Crippen LogP contribution in [0.2, 0.25) is 0 Å². The van der Waals surface area contributed by atoms with Crippen LogP contribution in [0.15, 0.2) is 30.3 Å². The van der Waals surface area contributed by atoms with Crippen LogP contribution in [0.1, 0.15) is 55.2 Å². The number of hydrogen-bond acceptors (Lipinski definition) is 5. The normalized spacial score (nSPS) is 11.5. The molecule has 0 bridgehead atoms. The number of ether oxygens (including phenoxy) is 4. The Hall–Kier alpha value is -2.89. The molecule has 0 fully saturated rings. The van der Waals surface area contributed by atoms with Crippen LogP contribution in [-0.4, -0.2) is 32.8 Å². The predicted molar refractivity (Wildman–Crippen MR) is 114 cm³/mol. The fraction of sp³-hybridized carbons (Fsp3) is 0.435. The highest BCUT2D eigenvalue weighted by Crippen LogP contribution is 2.39. The van der Waals surface area contributed by atoms with Gasteiger partial charge in [-0.3, -0.25) is 4.79 Å². The Morgan fingerprint density at radius 1 is 0.931 bits per heavy atom. The maximum absolute atomic E-state index is 13.0. The van der Waals surface area contributed by atoms with Crippen molar-refractivity contribution in [3.05, 3.63) is 47.0 Å². The monoisotopic (exact) mass is 401 g/mol. The van der Waals surface area contributed by atoms with E-state index in [0.717, 1.165) is 16.9 Å². The minimum absolute atomic E-state index is 0.231. The van der Waals surface area contributed by atoms with E-state index in [9.17, 15) is 4.79 Å². The lowest BCUT2D eigenvalue weighted by molar-refractivity contribution is 0.0938. The van der Waals surface area contributed by atoms with Crippen LogP contribution in [0.5, 0.6) is 23.0 Å². The molecule has 0 saturated heterocycles. The molecule has 0 saturated carbocycles. The lowest BCUT2D eigenvalue weighted by Gasteiger charge is -2.20. The summed E-state index contributed by atoms with van der Waals surface area (Å²) in [5.74, 6) is 2.00. The lowest BCUT2D eigenvalue weighted by atomic mass is 10.0. The molecule has 0 radical (unpaired) electrons. The van der Waals surface area contributed by atoms with Crippen LogP contribution in [0.25, 0.3) is 0 Å². The molecule has 2 aromatic carbocycles. The van der Waals surface area contributed by atoms with Gasteiger partial charge in [0.1, 0.15) is 5.75 Å². The molecule has 158 valence electrons. The first-order chi connectivity index (χ1) is 13.9. The first-order valence-electron chi connectivity index (χ1n) is 9.96.